The zero-order valence-electron chi connectivity index (χ0n) is 30.7. The molecule has 0 fully saturated rings. The SMILES string of the molecule is Cc1occc(=O)c1OCc1ccccc1.O=C(O)c1occc(=O)c1OCc1ccccc1.O=Cc1occc(=O)c1OCc1ccccc1.O=[Se]=O.[Na+].[O-][Cl+][O-]. The van der Waals surface area contributed by atoms with Crippen LogP contribution < -0.4 is 69.4 Å². The molecule has 0 aliphatic heterocycles. The third-order valence-electron chi connectivity index (χ3n) is 6.68. The summed E-state index contributed by atoms with van der Waals surface area (Å²) < 4.78 is 64.1. The Kier molecular flexibility index (Phi) is 25.7. The summed E-state index contributed by atoms with van der Waals surface area (Å²) in [6, 6.07) is 31.8. The molecule has 6 aromatic rings. The third-order valence-corrected chi connectivity index (χ3v) is 6.68. The van der Waals surface area contributed by atoms with Crippen molar-refractivity contribution in [1.82, 2.24) is 0 Å². The van der Waals surface area contributed by atoms with Gasteiger partial charge in [-0.3, -0.25) is 19.2 Å². The minimum atomic E-state index is -1.62. The van der Waals surface area contributed by atoms with E-state index in [0.717, 1.165) is 29.0 Å². The summed E-state index contributed by atoms with van der Waals surface area (Å²) in [5.41, 5.74) is 1.72. The van der Waals surface area contributed by atoms with Crippen molar-refractivity contribution in [1.29, 1.82) is 0 Å². The Bertz CT molecular complexity index is 2310. The normalized spacial score (nSPS) is 9.29. The number of carboxylic acids is 1. The van der Waals surface area contributed by atoms with Crippen molar-refractivity contribution >= 4 is 27.1 Å². The molecule has 19 heteroatoms. The summed E-state index contributed by atoms with van der Waals surface area (Å²) in [7, 11) is 0. The van der Waals surface area contributed by atoms with Gasteiger partial charge in [0, 0.05) is 18.2 Å². The maximum Gasteiger partial charge on any atom is 1.00 e. The van der Waals surface area contributed by atoms with Gasteiger partial charge in [-0.2, -0.15) is 0 Å². The molecule has 3 aromatic carbocycles. The fourth-order valence-electron chi connectivity index (χ4n) is 4.20. The average molecular weight is 894 g/mol. The van der Waals surface area contributed by atoms with Gasteiger partial charge in [-0.15, -0.1) is 0 Å². The van der Waals surface area contributed by atoms with Crippen LogP contribution in [0.15, 0.2) is 156 Å². The van der Waals surface area contributed by atoms with E-state index in [1.165, 1.54) is 24.7 Å². The van der Waals surface area contributed by atoms with Crippen LogP contribution in [0.2, 0.25) is 0 Å². The number of carbonyl (C=O) groups is 2. The molecule has 3 aromatic heterocycles. The summed E-state index contributed by atoms with van der Waals surface area (Å²) in [6.07, 6.45) is 4.03. The molecule has 0 bridgehead atoms. The van der Waals surface area contributed by atoms with Gasteiger partial charge in [-0.1, -0.05) is 91.0 Å². The Balaban J connectivity index is 0.000000404. The first-order chi connectivity index (χ1) is 27.6. The molecular weight excluding hydrogens is 862 g/mol. The van der Waals surface area contributed by atoms with Gasteiger partial charge in [-0.05, 0) is 23.6 Å². The summed E-state index contributed by atoms with van der Waals surface area (Å²) in [4.78, 5) is 56.0. The van der Waals surface area contributed by atoms with E-state index >= 15 is 0 Å². The minimum absolute atomic E-state index is 0. The predicted octanol–water partition coefficient (Wildman–Crippen LogP) is 0.483. The third kappa shape index (κ3) is 18.5. The standard InChI is InChI=1S/C13H10O5.C13H10O4.C13H12O3.ClO2.Na.O2Se/c14-10-6-7-17-12(13(15)16)11(10)18-8-9-4-2-1-3-5-9;14-8-12-13(11(15)6-7-16-12)17-9-10-4-2-1-3-5-10;1-10-13(12(14)7-8-15-10)16-9-11-5-3-2-4-6-11;2-1-3;;1-3-2/h1-7H,8H2,(H,15,16);1-8H,9H2;2-8H,9H2,1H3;;;/q;;;-1;+1;. The van der Waals surface area contributed by atoms with Crippen LogP contribution in [-0.2, 0) is 27.5 Å². The molecule has 0 aliphatic carbocycles. The fraction of sp³-hybridized carbons (Fsp3) is 0.103. The number of aldehydes is 1. The molecule has 6 rings (SSSR count). The van der Waals surface area contributed by atoms with E-state index in [2.05, 4.69) is 0 Å². The Morgan fingerprint density at radius 1 is 0.638 bits per heavy atom. The fourth-order valence-corrected chi connectivity index (χ4v) is 4.20. The van der Waals surface area contributed by atoms with E-state index in [1.54, 1.807) is 6.92 Å². The van der Waals surface area contributed by atoms with Crippen LogP contribution in [-0.4, -0.2) is 32.2 Å². The van der Waals surface area contributed by atoms with E-state index in [-0.39, 0.29) is 76.6 Å². The Morgan fingerprint density at radius 3 is 1.38 bits per heavy atom. The number of ether oxygens (including phenoxy) is 3. The molecule has 0 saturated carbocycles. The number of aromatic carboxylic acids is 1. The summed E-state index contributed by atoms with van der Waals surface area (Å²) >= 11 is -2.04. The maximum absolute atomic E-state index is 11.5. The van der Waals surface area contributed by atoms with Crippen molar-refractivity contribution in [2.75, 3.05) is 0 Å². The van der Waals surface area contributed by atoms with Crippen LogP contribution in [0, 0.1) is 18.2 Å². The molecule has 16 nitrogen and oxygen atoms in total. The molecule has 3 heterocycles. The molecule has 0 atom stereocenters. The molecule has 0 radical (unpaired) electrons. The number of rotatable bonds is 11. The van der Waals surface area contributed by atoms with Crippen molar-refractivity contribution in [3.8, 4) is 17.2 Å². The summed E-state index contributed by atoms with van der Waals surface area (Å²) in [6.45, 7) is 2.41. The largest absolute Gasteiger partial charge is 1.00 e. The molecule has 0 amide bonds. The first kappa shape index (κ1) is 50.4. The van der Waals surface area contributed by atoms with E-state index in [4.69, 9.17) is 49.6 Å². The number of hydrogen-bond acceptors (Lipinski definition) is 15. The number of carboxylic acid groups (broad SMARTS) is 1. The van der Waals surface area contributed by atoms with Gasteiger partial charge >= 0.3 is 58.0 Å². The van der Waals surface area contributed by atoms with Crippen molar-refractivity contribution in [3.05, 3.63) is 193 Å². The minimum Gasteiger partial charge on any atom is -0.544 e. The van der Waals surface area contributed by atoms with Crippen LogP contribution >= 0.6 is 0 Å². The zero-order valence-corrected chi connectivity index (χ0v) is 35.1. The number of carbonyl (C=O) groups excluding carboxylic acids is 1. The Morgan fingerprint density at radius 2 is 0.983 bits per heavy atom. The average Bonchev–Trinajstić information content (AvgIpc) is 3.22. The van der Waals surface area contributed by atoms with E-state index < -0.39 is 43.3 Å². The quantitative estimate of drug-likeness (QED) is 0.137. The van der Waals surface area contributed by atoms with Gasteiger partial charge in [0.05, 0.1) is 30.1 Å². The second-order valence-corrected chi connectivity index (χ2v) is 10.9. The number of aryl methyl sites for hydroxylation is 1. The maximum atomic E-state index is 11.5. The Labute approximate surface area is 361 Å². The molecule has 298 valence electrons. The topological polar surface area (TPSA) is 253 Å². The van der Waals surface area contributed by atoms with Crippen molar-refractivity contribution in [2.24, 2.45) is 0 Å². The van der Waals surface area contributed by atoms with Gasteiger partial charge < -0.3 is 41.9 Å². The van der Waals surface area contributed by atoms with Gasteiger partial charge in [0.25, 0.3) is 5.76 Å². The Hall–Kier alpha value is -5.62. The first-order valence-corrected chi connectivity index (χ1v) is 17.9. The van der Waals surface area contributed by atoms with Gasteiger partial charge in [0.1, 0.15) is 25.6 Å². The van der Waals surface area contributed by atoms with Crippen LogP contribution in [0.4, 0.5) is 0 Å². The molecule has 0 spiro atoms. The predicted molar refractivity (Wildman–Crippen MR) is 191 cm³/mol. The first-order valence-electron chi connectivity index (χ1n) is 15.9. The van der Waals surface area contributed by atoms with Crippen LogP contribution in [0.1, 0.15) is 43.6 Å². The molecule has 1 N–H and O–H groups in total. The molecular formula is C39H32ClNaO16Se. The van der Waals surface area contributed by atoms with Crippen LogP contribution in [0.3, 0.4) is 0 Å². The molecule has 58 heavy (non-hydrogen) atoms. The zero-order chi connectivity index (χ0) is 41.8. The number of halogens is 1. The number of hydrogen-bond donors (Lipinski definition) is 1. The second kappa shape index (κ2) is 29.6. The van der Waals surface area contributed by atoms with Gasteiger partial charge in [-0.25, -0.2) is 4.79 Å². The smallest absolute Gasteiger partial charge is 0.544 e. The van der Waals surface area contributed by atoms with Crippen molar-refractivity contribution in [3.63, 3.8) is 0 Å². The number of benzene rings is 3. The van der Waals surface area contributed by atoms with E-state index in [0.29, 0.717) is 18.7 Å². The van der Waals surface area contributed by atoms with Crippen LogP contribution in [0.5, 0.6) is 17.2 Å². The van der Waals surface area contributed by atoms with Crippen LogP contribution in [0.25, 0.3) is 0 Å². The summed E-state index contributed by atoms with van der Waals surface area (Å²) in [5, 5.41) is 8.87. The van der Waals surface area contributed by atoms with E-state index in [9.17, 15) is 24.0 Å². The van der Waals surface area contributed by atoms with E-state index in [1.807, 2.05) is 91.0 Å². The molecule has 0 saturated heterocycles. The van der Waals surface area contributed by atoms with Crippen molar-refractivity contribution < 1.29 is 100 Å². The molecule has 0 unspecified atom stereocenters. The monoisotopic (exact) mass is 894 g/mol. The molecule has 0 aliphatic rings. The second-order valence-electron chi connectivity index (χ2n) is 10.5. The van der Waals surface area contributed by atoms with Gasteiger partial charge in [0.15, 0.2) is 6.29 Å². The van der Waals surface area contributed by atoms with Gasteiger partial charge in [0.2, 0.25) is 39.3 Å². The summed E-state index contributed by atoms with van der Waals surface area (Å²) in [5.74, 6) is -1.46. The van der Waals surface area contributed by atoms with Crippen molar-refractivity contribution in [2.45, 2.75) is 26.7 Å².